The molecule has 2 nitrogen and oxygen atoms in total. The zero-order chi connectivity index (χ0) is 40.7. The maximum absolute atomic E-state index is 2.43. The lowest BCUT2D eigenvalue weighted by Gasteiger charge is -2.27. The monoisotopic (exact) mass is 778 g/mol. The lowest BCUT2D eigenvalue weighted by atomic mass is 9.81. The summed E-state index contributed by atoms with van der Waals surface area (Å²) >= 11 is 0. The largest absolute Gasteiger partial charge is 0.310 e. The molecule has 0 radical (unpaired) electrons. The minimum atomic E-state index is -0.0403. The fraction of sp³-hybridized carbons (Fsp3) is 0.0508. The van der Waals surface area contributed by atoms with E-state index in [4.69, 9.17) is 0 Å². The van der Waals surface area contributed by atoms with Crippen molar-refractivity contribution < 1.29 is 0 Å². The third kappa shape index (κ3) is 5.56. The molecule has 61 heavy (non-hydrogen) atoms. The van der Waals surface area contributed by atoms with Crippen molar-refractivity contribution in [3.8, 4) is 39.1 Å². The number of benzene rings is 10. The van der Waals surface area contributed by atoms with Crippen LogP contribution in [0.2, 0.25) is 0 Å². The van der Waals surface area contributed by atoms with Crippen LogP contribution in [0.3, 0.4) is 0 Å². The summed E-state index contributed by atoms with van der Waals surface area (Å²) in [5.74, 6) is 0. The van der Waals surface area contributed by atoms with Crippen molar-refractivity contribution in [3.05, 3.63) is 230 Å². The molecule has 1 aliphatic rings. The van der Waals surface area contributed by atoms with Crippen LogP contribution in [0.4, 0.5) is 17.1 Å². The number of hydrogen-bond donors (Lipinski definition) is 0. The Kier molecular flexibility index (Phi) is 7.92. The van der Waals surface area contributed by atoms with Crippen LogP contribution in [0.15, 0.2) is 218 Å². The molecule has 0 spiro atoms. The van der Waals surface area contributed by atoms with Crippen LogP contribution in [0.5, 0.6) is 0 Å². The van der Waals surface area contributed by atoms with Gasteiger partial charge in [0.05, 0.1) is 22.4 Å². The number of rotatable bonds is 6. The highest BCUT2D eigenvalue weighted by Crippen LogP contribution is 2.50. The van der Waals surface area contributed by atoms with Gasteiger partial charge in [0.1, 0.15) is 0 Å². The number of aromatic nitrogens is 1. The van der Waals surface area contributed by atoms with Crippen molar-refractivity contribution in [1.29, 1.82) is 0 Å². The summed E-state index contributed by atoms with van der Waals surface area (Å²) in [7, 11) is 0. The Morgan fingerprint density at radius 3 is 1.64 bits per heavy atom. The molecule has 0 saturated heterocycles. The molecule has 0 bridgehead atoms. The Morgan fingerprint density at radius 1 is 0.361 bits per heavy atom. The van der Waals surface area contributed by atoms with Crippen LogP contribution in [0, 0.1) is 0 Å². The van der Waals surface area contributed by atoms with Crippen LogP contribution >= 0.6 is 0 Å². The van der Waals surface area contributed by atoms with Gasteiger partial charge in [0.25, 0.3) is 0 Å². The van der Waals surface area contributed by atoms with Gasteiger partial charge < -0.3 is 9.47 Å². The predicted octanol–water partition coefficient (Wildman–Crippen LogP) is 16.2. The van der Waals surface area contributed by atoms with Crippen LogP contribution < -0.4 is 4.90 Å². The molecular weight excluding hydrogens is 737 g/mol. The van der Waals surface area contributed by atoms with E-state index >= 15 is 0 Å². The number of nitrogens with zero attached hydrogens (tertiary/aromatic N) is 2. The molecule has 2 heteroatoms. The lowest BCUT2D eigenvalue weighted by molar-refractivity contribution is 0.660. The van der Waals surface area contributed by atoms with Crippen LogP contribution in [-0.2, 0) is 5.41 Å². The Bertz CT molecular complexity index is 3490. The number of fused-ring (bicyclic) bond motifs is 8. The van der Waals surface area contributed by atoms with Gasteiger partial charge in [-0.25, -0.2) is 0 Å². The Balaban J connectivity index is 0.934. The van der Waals surface area contributed by atoms with E-state index in [1.54, 1.807) is 0 Å². The van der Waals surface area contributed by atoms with E-state index in [1.807, 2.05) is 0 Å². The van der Waals surface area contributed by atoms with Gasteiger partial charge in [0.2, 0.25) is 0 Å². The molecule has 0 amide bonds. The van der Waals surface area contributed by atoms with Crippen molar-refractivity contribution in [3.63, 3.8) is 0 Å². The Morgan fingerprint density at radius 2 is 0.885 bits per heavy atom. The molecule has 0 fully saturated rings. The summed E-state index contributed by atoms with van der Waals surface area (Å²) in [6.45, 7) is 4.70. The van der Waals surface area contributed by atoms with Crippen LogP contribution in [0.1, 0.15) is 25.0 Å². The van der Waals surface area contributed by atoms with Crippen LogP contribution in [0.25, 0.3) is 82.4 Å². The summed E-state index contributed by atoms with van der Waals surface area (Å²) in [6.07, 6.45) is 0. The fourth-order valence-electron chi connectivity index (χ4n) is 10.1. The molecule has 1 aromatic heterocycles. The molecule has 1 heterocycles. The normalized spacial score (nSPS) is 12.9. The molecule has 12 rings (SSSR count). The fourth-order valence-corrected chi connectivity index (χ4v) is 10.1. The van der Waals surface area contributed by atoms with E-state index in [-0.39, 0.29) is 5.41 Å². The number of hydrogen-bond acceptors (Lipinski definition) is 1. The average Bonchev–Trinajstić information content (AvgIpc) is 3.77. The summed E-state index contributed by atoms with van der Waals surface area (Å²) < 4.78 is 2.43. The van der Waals surface area contributed by atoms with Crippen LogP contribution in [-0.4, -0.2) is 4.57 Å². The van der Waals surface area contributed by atoms with E-state index in [1.165, 1.54) is 93.5 Å². The van der Waals surface area contributed by atoms with Gasteiger partial charge in [-0.3, -0.25) is 0 Å². The predicted molar refractivity (Wildman–Crippen MR) is 259 cm³/mol. The zero-order valence-electron chi connectivity index (χ0n) is 34.2. The van der Waals surface area contributed by atoms with E-state index in [2.05, 4.69) is 242 Å². The molecular formula is C59H42N2. The first kappa shape index (κ1) is 35.3. The second-order valence-electron chi connectivity index (χ2n) is 16.9. The van der Waals surface area contributed by atoms with E-state index in [9.17, 15) is 0 Å². The van der Waals surface area contributed by atoms with Gasteiger partial charge >= 0.3 is 0 Å². The van der Waals surface area contributed by atoms with Crippen molar-refractivity contribution >= 4 is 60.4 Å². The molecule has 11 aromatic rings. The van der Waals surface area contributed by atoms with E-state index in [0.717, 1.165) is 17.1 Å². The number of anilines is 3. The third-order valence-electron chi connectivity index (χ3n) is 13.2. The SMILES string of the molecule is CC1(C)c2ccccc2-c2ccc(-c3ccc(N(c4ccc(-c5ccc6c(c5)c5ccccc5n6-c5cccc6ccccc56)cc4)c4cccc5ccccc45)cc3)cc21. The maximum Gasteiger partial charge on any atom is 0.0541 e. The first-order valence-corrected chi connectivity index (χ1v) is 21.3. The van der Waals surface area contributed by atoms with Gasteiger partial charge in [-0.15, -0.1) is 0 Å². The Hall–Kier alpha value is -7.68. The zero-order valence-corrected chi connectivity index (χ0v) is 34.2. The molecule has 0 unspecified atom stereocenters. The minimum absolute atomic E-state index is 0.0403. The van der Waals surface area contributed by atoms with Gasteiger partial charge in [-0.2, -0.15) is 0 Å². The highest BCUT2D eigenvalue weighted by Gasteiger charge is 2.35. The van der Waals surface area contributed by atoms with Gasteiger partial charge in [-0.05, 0) is 116 Å². The molecule has 0 N–H and O–H groups in total. The summed E-state index contributed by atoms with van der Waals surface area (Å²) in [5.41, 5.74) is 17.3. The van der Waals surface area contributed by atoms with Crippen molar-refractivity contribution in [2.45, 2.75) is 19.3 Å². The second-order valence-corrected chi connectivity index (χ2v) is 16.9. The highest BCUT2D eigenvalue weighted by atomic mass is 15.1. The van der Waals surface area contributed by atoms with E-state index in [0.29, 0.717) is 0 Å². The summed E-state index contributed by atoms with van der Waals surface area (Å²) in [4.78, 5) is 2.40. The van der Waals surface area contributed by atoms with Gasteiger partial charge in [0.15, 0.2) is 0 Å². The van der Waals surface area contributed by atoms with E-state index < -0.39 is 0 Å². The quantitative estimate of drug-likeness (QED) is 0.163. The third-order valence-corrected chi connectivity index (χ3v) is 13.2. The topological polar surface area (TPSA) is 8.17 Å². The van der Waals surface area contributed by atoms with Gasteiger partial charge in [-0.1, -0.05) is 172 Å². The van der Waals surface area contributed by atoms with Gasteiger partial charge in [0, 0.05) is 38.3 Å². The molecule has 1 aliphatic carbocycles. The summed E-state index contributed by atoms with van der Waals surface area (Å²) in [6, 6.07) is 80.4. The smallest absolute Gasteiger partial charge is 0.0541 e. The molecule has 288 valence electrons. The minimum Gasteiger partial charge on any atom is -0.310 e. The van der Waals surface area contributed by atoms with Crippen molar-refractivity contribution in [2.75, 3.05) is 4.90 Å². The summed E-state index contributed by atoms with van der Waals surface area (Å²) in [5, 5.41) is 7.42. The first-order chi connectivity index (χ1) is 30.0. The van der Waals surface area contributed by atoms with Crippen molar-refractivity contribution in [2.24, 2.45) is 0 Å². The average molecular weight is 779 g/mol. The number of para-hydroxylation sites is 1. The Labute approximate surface area is 356 Å². The lowest BCUT2D eigenvalue weighted by Crippen LogP contribution is -2.14. The standard InChI is InChI=1S/C59H42N2/c1-59(2)53-21-9-7-19-49(53)50-35-29-44(38-54(50)59)40-27-33-46(34-28-40)60(55-23-11-15-41-13-3-5-17-47(41)55)45-31-25-39(26-32-45)43-30-36-58-52(37-43)51-20-8-10-22-57(51)61(58)56-24-12-16-42-14-4-6-18-48(42)56/h3-38H,1-2H3. The molecule has 0 atom stereocenters. The molecule has 10 aromatic carbocycles. The molecule has 0 saturated carbocycles. The van der Waals surface area contributed by atoms with Crippen molar-refractivity contribution in [1.82, 2.24) is 4.57 Å². The second kappa shape index (κ2) is 13.7. The first-order valence-electron chi connectivity index (χ1n) is 21.3. The maximum atomic E-state index is 2.43. The highest BCUT2D eigenvalue weighted by molar-refractivity contribution is 6.12. The molecule has 0 aliphatic heterocycles.